The third-order valence-corrected chi connectivity index (χ3v) is 3.17. The summed E-state index contributed by atoms with van der Waals surface area (Å²) in [4.78, 5) is 19.8. The van der Waals surface area contributed by atoms with Gasteiger partial charge in [-0.1, -0.05) is 18.5 Å². The molecule has 1 N–H and O–H groups in total. The topological polar surface area (TPSA) is 77.2 Å². The number of nitrogens with zero attached hydrogens (tertiary/aromatic N) is 2. The van der Waals surface area contributed by atoms with Crippen molar-refractivity contribution in [3.8, 4) is 0 Å². The Morgan fingerprint density at radius 3 is 2.95 bits per heavy atom. The number of carbonyl (C=O) groups is 1. The van der Waals surface area contributed by atoms with Crippen LogP contribution in [0.4, 0.5) is 0 Å². The zero-order chi connectivity index (χ0) is 15.2. The minimum absolute atomic E-state index is 0.120. The van der Waals surface area contributed by atoms with Gasteiger partial charge in [-0.25, -0.2) is 9.97 Å². The molecule has 1 atom stereocenters. The maximum absolute atomic E-state index is 12.2. The zero-order valence-electron chi connectivity index (χ0n) is 11.8. The number of ether oxygens (including phenoxy) is 1. The van der Waals surface area contributed by atoms with E-state index in [9.17, 15) is 4.79 Å². The van der Waals surface area contributed by atoms with Crippen molar-refractivity contribution in [2.24, 2.45) is 0 Å². The highest BCUT2D eigenvalue weighted by Crippen LogP contribution is 2.19. The Morgan fingerprint density at radius 1 is 1.52 bits per heavy atom. The van der Waals surface area contributed by atoms with E-state index in [1.54, 1.807) is 7.11 Å². The van der Waals surface area contributed by atoms with Gasteiger partial charge in [0.2, 0.25) is 0 Å². The number of aryl methyl sites for hydroxylation is 1. The number of hydrogen-bond acceptors (Lipinski definition) is 5. The molecule has 1 unspecified atom stereocenters. The minimum atomic E-state index is -0.408. The zero-order valence-corrected chi connectivity index (χ0v) is 12.6. The number of carbonyl (C=O) groups excluding carboxylic acids is 1. The summed E-state index contributed by atoms with van der Waals surface area (Å²) in [6.45, 7) is 2.28. The fourth-order valence-electron chi connectivity index (χ4n) is 1.84. The lowest BCUT2D eigenvalue weighted by molar-refractivity contribution is 0.0877. The van der Waals surface area contributed by atoms with Gasteiger partial charge in [-0.3, -0.25) is 4.79 Å². The highest BCUT2D eigenvalue weighted by atomic mass is 35.5. The fourth-order valence-corrected chi connectivity index (χ4v) is 2.03. The van der Waals surface area contributed by atoms with Crippen LogP contribution in [0.1, 0.15) is 35.0 Å². The maximum Gasteiger partial charge on any atom is 0.272 e. The summed E-state index contributed by atoms with van der Waals surface area (Å²) in [6.07, 6.45) is 3.43. The summed E-state index contributed by atoms with van der Waals surface area (Å²) >= 11 is 5.91. The van der Waals surface area contributed by atoms with Crippen molar-refractivity contribution >= 4 is 17.5 Å². The molecule has 112 valence electrons. The molecule has 2 heterocycles. The minimum Gasteiger partial charge on any atom is -0.464 e. The molecule has 7 heteroatoms. The van der Waals surface area contributed by atoms with Gasteiger partial charge >= 0.3 is 0 Å². The van der Waals surface area contributed by atoms with Crippen LogP contribution in [0.2, 0.25) is 5.02 Å². The lowest BCUT2D eigenvalue weighted by Gasteiger charge is -2.15. The van der Waals surface area contributed by atoms with E-state index in [1.165, 1.54) is 12.5 Å². The number of aromatic nitrogens is 2. The van der Waals surface area contributed by atoms with E-state index in [0.29, 0.717) is 5.76 Å². The van der Waals surface area contributed by atoms with E-state index < -0.39 is 11.9 Å². The highest BCUT2D eigenvalue weighted by Gasteiger charge is 2.21. The van der Waals surface area contributed by atoms with Gasteiger partial charge in [0, 0.05) is 19.7 Å². The number of amides is 1. The quantitative estimate of drug-likeness (QED) is 0.886. The van der Waals surface area contributed by atoms with E-state index in [1.807, 2.05) is 19.1 Å². The molecule has 0 aliphatic carbocycles. The first-order valence-corrected chi connectivity index (χ1v) is 6.87. The molecular formula is C14H16ClN3O3. The van der Waals surface area contributed by atoms with Gasteiger partial charge in [-0.05, 0) is 12.1 Å². The van der Waals surface area contributed by atoms with Gasteiger partial charge in [0.25, 0.3) is 5.91 Å². The van der Waals surface area contributed by atoms with Crippen LogP contribution in [0.15, 0.2) is 29.1 Å². The van der Waals surface area contributed by atoms with Crippen LogP contribution < -0.4 is 5.32 Å². The average molecular weight is 310 g/mol. The SMILES string of the molecule is CCc1ccc(C(COC)NC(=O)c2ncncc2Cl)o1. The molecule has 0 spiro atoms. The predicted molar refractivity (Wildman–Crippen MR) is 77.2 cm³/mol. The number of hydrogen-bond donors (Lipinski definition) is 1. The maximum atomic E-state index is 12.2. The van der Waals surface area contributed by atoms with Crippen molar-refractivity contribution in [1.82, 2.24) is 15.3 Å². The summed E-state index contributed by atoms with van der Waals surface area (Å²) in [5.41, 5.74) is 0.120. The number of halogens is 1. The second-order valence-corrected chi connectivity index (χ2v) is 4.77. The van der Waals surface area contributed by atoms with Crippen LogP contribution in [0.3, 0.4) is 0 Å². The van der Waals surface area contributed by atoms with Crippen LogP contribution >= 0.6 is 11.6 Å². The van der Waals surface area contributed by atoms with Crippen molar-refractivity contribution < 1.29 is 13.9 Å². The summed E-state index contributed by atoms with van der Waals surface area (Å²) in [6, 6.07) is 3.29. The Morgan fingerprint density at radius 2 is 2.33 bits per heavy atom. The van der Waals surface area contributed by atoms with Crippen LogP contribution in [0, 0.1) is 0 Å². The number of rotatable bonds is 6. The normalized spacial score (nSPS) is 12.1. The van der Waals surface area contributed by atoms with Crippen molar-refractivity contribution in [3.63, 3.8) is 0 Å². The number of methoxy groups -OCH3 is 1. The third kappa shape index (κ3) is 3.80. The Kier molecular flexibility index (Phi) is 5.30. The van der Waals surface area contributed by atoms with E-state index in [0.717, 1.165) is 12.2 Å². The van der Waals surface area contributed by atoms with E-state index in [2.05, 4.69) is 15.3 Å². The molecule has 2 aromatic rings. The second-order valence-electron chi connectivity index (χ2n) is 4.36. The van der Waals surface area contributed by atoms with E-state index in [4.69, 9.17) is 20.8 Å². The molecule has 0 aromatic carbocycles. The molecule has 6 nitrogen and oxygen atoms in total. The van der Waals surface area contributed by atoms with Crippen molar-refractivity contribution in [2.45, 2.75) is 19.4 Å². The lowest BCUT2D eigenvalue weighted by atomic mass is 10.2. The first-order chi connectivity index (χ1) is 10.2. The van der Waals surface area contributed by atoms with Crippen LogP contribution in [0.5, 0.6) is 0 Å². The summed E-state index contributed by atoms with van der Waals surface area (Å²) in [5.74, 6) is 1.08. The van der Waals surface area contributed by atoms with Gasteiger partial charge in [-0.15, -0.1) is 0 Å². The van der Waals surface area contributed by atoms with Crippen molar-refractivity contribution in [3.05, 3.63) is 46.9 Å². The van der Waals surface area contributed by atoms with Gasteiger partial charge in [-0.2, -0.15) is 0 Å². The Hall–Kier alpha value is -1.92. The first-order valence-electron chi connectivity index (χ1n) is 6.49. The standard InChI is InChI=1S/C14H16ClN3O3/c1-3-9-4-5-12(21-9)11(7-20-2)18-14(19)13-10(15)6-16-8-17-13/h4-6,8,11H,3,7H2,1-2H3,(H,18,19). The number of furan rings is 1. The highest BCUT2D eigenvalue weighted by molar-refractivity contribution is 6.33. The molecule has 0 bridgehead atoms. The van der Waals surface area contributed by atoms with E-state index >= 15 is 0 Å². The smallest absolute Gasteiger partial charge is 0.272 e. The molecule has 0 radical (unpaired) electrons. The summed E-state index contributed by atoms with van der Waals surface area (Å²) < 4.78 is 10.8. The fraction of sp³-hybridized carbons (Fsp3) is 0.357. The molecule has 0 saturated heterocycles. The van der Waals surface area contributed by atoms with E-state index in [-0.39, 0.29) is 17.3 Å². The lowest BCUT2D eigenvalue weighted by Crippen LogP contribution is -2.31. The second kappa shape index (κ2) is 7.19. The molecule has 2 aromatic heterocycles. The molecule has 0 saturated carbocycles. The molecular weight excluding hydrogens is 294 g/mol. The molecule has 2 rings (SSSR count). The molecule has 1 amide bonds. The van der Waals surface area contributed by atoms with Crippen LogP contribution in [0.25, 0.3) is 0 Å². The Labute approximate surface area is 127 Å². The molecule has 0 fully saturated rings. The van der Waals surface area contributed by atoms with Gasteiger partial charge in [0.15, 0.2) is 0 Å². The van der Waals surface area contributed by atoms with Crippen LogP contribution in [-0.2, 0) is 11.2 Å². The molecule has 21 heavy (non-hydrogen) atoms. The number of nitrogens with one attached hydrogen (secondary N) is 1. The predicted octanol–water partition coefficient (Wildman–Crippen LogP) is 2.40. The van der Waals surface area contributed by atoms with Gasteiger partial charge in [0.1, 0.15) is 29.6 Å². The largest absolute Gasteiger partial charge is 0.464 e. The third-order valence-electron chi connectivity index (χ3n) is 2.90. The first kappa shape index (κ1) is 15.5. The summed E-state index contributed by atoms with van der Waals surface area (Å²) in [5, 5.41) is 2.99. The summed E-state index contributed by atoms with van der Waals surface area (Å²) in [7, 11) is 1.56. The monoisotopic (exact) mass is 309 g/mol. The van der Waals surface area contributed by atoms with Crippen molar-refractivity contribution in [2.75, 3.05) is 13.7 Å². The average Bonchev–Trinajstić information content (AvgIpc) is 2.96. The van der Waals surface area contributed by atoms with Crippen LogP contribution in [-0.4, -0.2) is 29.6 Å². The Balaban J connectivity index is 2.16. The molecule has 0 aliphatic heterocycles. The van der Waals surface area contributed by atoms with Gasteiger partial charge in [0.05, 0.1) is 11.6 Å². The molecule has 0 aliphatic rings. The Bertz CT molecular complexity index is 615. The van der Waals surface area contributed by atoms with Crippen molar-refractivity contribution in [1.29, 1.82) is 0 Å². The van der Waals surface area contributed by atoms with Gasteiger partial charge < -0.3 is 14.5 Å².